The zero-order valence-corrected chi connectivity index (χ0v) is 16.8. The van der Waals surface area contributed by atoms with Crippen molar-refractivity contribution in [1.29, 1.82) is 0 Å². The summed E-state index contributed by atoms with van der Waals surface area (Å²) in [5.74, 6) is 0.475. The van der Waals surface area contributed by atoms with Gasteiger partial charge in [0.15, 0.2) is 0 Å². The largest absolute Gasteiger partial charge is 0.507 e. The summed E-state index contributed by atoms with van der Waals surface area (Å²) in [6.45, 7) is 5.04. The predicted octanol–water partition coefficient (Wildman–Crippen LogP) is 2.93. The molecular weight excluding hydrogens is 356 g/mol. The number of phenolic OH excluding ortho intramolecular Hbond substituents is 1. The average molecular weight is 384 g/mol. The number of aliphatic hydroxyl groups is 1. The van der Waals surface area contributed by atoms with Gasteiger partial charge in [0.1, 0.15) is 11.5 Å². The van der Waals surface area contributed by atoms with E-state index in [2.05, 4.69) is 5.32 Å². The number of likely N-dealkylation sites (N-methyl/N-ethyl adjacent to an activating group) is 1. The van der Waals surface area contributed by atoms with Crippen LogP contribution in [0.2, 0.25) is 0 Å². The molecule has 6 nitrogen and oxygen atoms in total. The molecule has 1 amide bonds. The summed E-state index contributed by atoms with van der Waals surface area (Å²) >= 11 is 0. The summed E-state index contributed by atoms with van der Waals surface area (Å²) < 4.78 is 5.34. The fourth-order valence-corrected chi connectivity index (χ4v) is 3.69. The predicted molar refractivity (Wildman–Crippen MR) is 108 cm³/mol. The van der Waals surface area contributed by atoms with E-state index in [4.69, 9.17) is 4.74 Å². The third-order valence-electron chi connectivity index (χ3n) is 5.37. The minimum absolute atomic E-state index is 0.00955. The number of nitrogens with zero attached hydrogens (tertiary/aromatic N) is 1. The molecule has 1 aliphatic heterocycles. The lowest BCUT2D eigenvalue weighted by molar-refractivity contribution is 0.0748. The van der Waals surface area contributed by atoms with Gasteiger partial charge in [0.05, 0.1) is 25.3 Å². The van der Waals surface area contributed by atoms with Crippen LogP contribution in [0.1, 0.15) is 58.4 Å². The number of hydrogen-bond donors (Lipinski definition) is 3. The normalized spacial score (nSPS) is 14.3. The summed E-state index contributed by atoms with van der Waals surface area (Å²) in [7, 11) is 3.37. The van der Waals surface area contributed by atoms with Gasteiger partial charge < -0.3 is 25.2 Å². The van der Waals surface area contributed by atoms with E-state index in [9.17, 15) is 15.0 Å². The third-order valence-corrected chi connectivity index (χ3v) is 5.37. The standard InChI is InChI=1S/C22H28N2O4/c1-13(2)17-8-18(20(26)9-21(17)28-4)22(27)24-10-15-6-5-14(7-16(15)11-24)19(12-25)23-3/h5-9,13,19,23,25-26H,10-12H2,1-4H3. The van der Waals surface area contributed by atoms with E-state index in [1.54, 1.807) is 18.1 Å². The fourth-order valence-electron chi connectivity index (χ4n) is 3.69. The van der Waals surface area contributed by atoms with Gasteiger partial charge in [-0.3, -0.25) is 4.79 Å². The van der Waals surface area contributed by atoms with Crippen molar-refractivity contribution in [2.45, 2.75) is 38.9 Å². The molecule has 1 atom stereocenters. The Bertz CT molecular complexity index is 875. The molecule has 0 saturated carbocycles. The number of amides is 1. The number of benzene rings is 2. The van der Waals surface area contributed by atoms with Gasteiger partial charge in [-0.05, 0) is 41.3 Å². The highest BCUT2D eigenvalue weighted by Gasteiger charge is 2.28. The van der Waals surface area contributed by atoms with Gasteiger partial charge in [-0.15, -0.1) is 0 Å². The molecule has 0 aliphatic carbocycles. The number of rotatable bonds is 6. The molecule has 150 valence electrons. The summed E-state index contributed by atoms with van der Waals surface area (Å²) in [6.07, 6.45) is 0. The van der Waals surface area contributed by atoms with Gasteiger partial charge in [-0.25, -0.2) is 0 Å². The highest BCUT2D eigenvalue weighted by atomic mass is 16.5. The molecule has 6 heteroatoms. The van der Waals surface area contributed by atoms with Crippen LogP contribution in [-0.2, 0) is 13.1 Å². The Hall–Kier alpha value is -2.57. The Kier molecular flexibility index (Phi) is 5.91. The summed E-state index contributed by atoms with van der Waals surface area (Å²) in [6, 6.07) is 9.14. The summed E-state index contributed by atoms with van der Waals surface area (Å²) in [4.78, 5) is 14.8. The van der Waals surface area contributed by atoms with Gasteiger partial charge in [-0.2, -0.15) is 0 Å². The molecule has 28 heavy (non-hydrogen) atoms. The molecule has 2 aromatic carbocycles. The highest BCUT2D eigenvalue weighted by Crippen LogP contribution is 2.35. The number of fused-ring (bicyclic) bond motifs is 1. The average Bonchev–Trinajstić information content (AvgIpc) is 3.11. The van der Waals surface area contributed by atoms with Crippen molar-refractivity contribution in [3.8, 4) is 11.5 Å². The number of phenols is 1. The smallest absolute Gasteiger partial charge is 0.258 e. The second-order valence-corrected chi connectivity index (χ2v) is 7.48. The van der Waals surface area contributed by atoms with E-state index >= 15 is 0 Å². The maximum atomic E-state index is 13.1. The van der Waals surface area contributed by atoms with E-state index in [-0.39, 0.29) is 30.2 Å². The quantitative estimate of drug-likeness (QED) is 0.713. The lowest BCUT2D eigenvalue weighted by Gasteiger charge is -2.19. The molecule has 0 fully saturated rings. The maximum Gasteiger partial charge on any atom is 0.258 e. The van der Waals surface area contributed by atoms with Gasteiger partial charge in [-0.1, -0.05) is 32.0 Å². The number of aromatic hydroxyl groups is 1. The first-order valence-corrected chi connectivity index (χ1v) is 9.49. The molecule has 3 N–H and O–H groups in total. The van der Waals surface area contributed by atoms with Gasteiger partial charge in [0, 0.05) is 19.2 Å². The second kappa shape index (κ2) is 8.20. The second-order valence-electron chi connectivity index (χ2n) is 7.48. The van der Waals surface area contributed by atoms with Crippen LogP contribution in [0.3, 0.4) is 0 Å². The van der Waals surface area contributed by atoms with Crippen molar-refractivity contribution in [2.24, 2.45) is 0 Å². The highest BCUT2D eigenvalue weighted by molar-refractivity contribution is 5.97. The molecule has 2 aromatic rings. The lowest BCUT2D eigenvalue weighted by atomic mass is 9.98. The number of carbonyl (C=O) groups is 1. The first kappa shape index (κ1) is 20.2. The molecule has 1 aliphatic rings. The van der Waals surface area contributed by atoms with Crippen LogP contribution in [0.25, 0.3) is 0 Å². The molecule has 0 radical (unpaired) electrons. The fraction of sp³-hybridized carbons (Fsp3) is 0.409. The van der Waals surface area contributed by atoms with E-state index in [1.807, 2.05) is 39.1 Å². The van der Waals surface area contributed by atoms with Crippen LogP contribution in [0.5, 0.6) is 11.5 Å². The van der Waals surface area contributed by atoms with E-state index in [0.717, 1.165) is 22.3 Å². The van der Waals surface area contributed by atoms with Crippen molar-refractivity contribution in [1.82, 2.24) is 10.2 Å². The minimum atomic E-state index is -0.202. The van der Waals surface area contributed by atoms with Crippen molar-refractivity contribution in [3.05, 3.63) is 58.1 Å². The number of nitrogens with one attached hydrogen (secondary N) is 1. The molecule has 0 spiro atoms. The number of aliphatic hydroxyl groups excluding tert-OH is 1. The van der Waals surface area contributed by atoms with Gasteiger partial charge >= 0.3 is 0 Å². The Morgan fingerprint density at radius 3 is 2.54 bits per heavy atom. The first-order valence-electron chi connectivity index (χ1n) is 9.49. The van der Waals surface area contributed by atoms with Gasteiger partial charge in [0.2, 0.25) is 0 Å². The van der Waals surface area contributed by atoms with Crippen molar-refractivity contribution >= 4 is 5.91 Å². The number of hydrogen-bond acceptors (Lipinski definition) is 5. The SMILES string of the molecule is CNC(CO)c1ccc2c(c1)CN(C(=O)c1cc(C(C)C)c(OC)cc1O)C2. The minimum Gasteiger partial charge on any atom is -0.507 e. The Morgan fingerprint density at radius 1 is 1.21 bits per heavy atom. The number of methoxy groups -OCH3 is 1. The van der Waals surface area contributed by atoms with Crippen LogP contribution in [0.15, 0.2) is 30.3 Å². The molecule has 0 bridgehead atoms. The molecule has 0 aromatic heterocycles. The summed E-state index contributed by atoms with van der Waals surface area (Å²) in [5, 5.41) is 23.0. The van der Waals surface area contributed by atoms with E-state index in [1.165, 1.54) is 6.07 Å². The van der Waals surface area contributed by atoms with Gasteiger partial charge in [0.25, 0.3) is 5.91 Å². The van der Waals surface area contributed by atoms with E-state index < -0.39 is 0 Å². The molecule has 0 saturated heterocycles. The zero-order valence-electron chi connectivity index (χ0n) is 16.8. The topological polar surface area (TPSA) is 82.0 Å². The Balaban J connectivity index is 1.87. The van der Waals surface area contributed by atoms with Crippen LogP contribution in [0, 0.1) is 0 Å². The number of ether oxygens (including phenoxy) is 1. The van der Waals surface area contributed by atoms with E-state index in [0.29, 0.717) is 24.4 Å². The van der Waals surface area contributed by atoms with Crippen LogP contribution < -0.4 is 10.1 Å². The molecule has 1 heterocycles. The van der Waals surface area contributed by atoms with Crippen LogP contribution in [-0.4, -0.2) is 41.8 Å². The molecular formula is C22H28N2O4. The lowest BCUT2D eigenvalue weighted by Crippen LogP contribution is -2.25. The monoisotopic (exact) mass is 384 g/mol. The van der Waals surface area contributed by atoms with Crippen molar-refractivity contribution in [3.63, 3.8) is 0 Å². The Morgan fingerprint density at radius 2 is 1.93 bits per heavy atom. The van der Waals surface area contributed by atoms with Crippen molar-refractivity contribution < 1.29 is 19.7 Å². The third kappa shape index (κ3) is 3.70. The maximum absolute atomic E-state index is 13.1. The van der Waals surface area contributed by atoms with Crippen LogP contribution in [0.4, 0.5) is 0 Å². The first-order chi connectivity index (χ1) is 13.4. The van der Waals surface area contributed by atoms with Crippen LogP contribution >= 0.6 is 0 Å². The molecule has 3 rings (SSSR count). The Labute approximate surface area is 165 Å². The summed E-state index contributed by atoms with van der Waals surface area (Å²) in [5.41, 5.74) is 4.33. The number of carbonyl (C=O) groups excluding carboxylic acids is 1. The zero-order chi connectivity index (χ0) is 20.4. The van der Waals surface area contributed by atoms with Crippen molar-refractivity contribution in [2.75, 3.05) is 20.8 Å². The molecule has 1 unspecified atom stereocenters.